The molecule has 0 aliphatic heterocycles. The molecule has 0 aromatic rings. The van der Waals surface area contributed by atoms with Crippen molar-refractivity contribution in [2.24, 2.45) is 10.8 Å². The first kappa shape index (κ1) is 7.01. The second-order valence-corrected chi connectivity index (χ2v) is 1.38. The first-order valence-electron chi connectivity index (χ1n) is 2.34. The third kappa shape index (κ3) is 1.64. The number of nitrogens with two attached hydrogens (primary N) is 1. The van der Waals surface area contributed by atoms with E-state index in [0.717, 1.165) is 0 Å². The molecule has 0 atom stereocenters. The average molecular weight is 113 g/mol. The van der Waals surface area contributed by atoms with Crippen LogP contribution in [0.25, 0.3) is 0 Å². The van der Waals surface area contributed by atoms with Gasteiger partial charge in [0.2, 0.25) is 0 Å². The van der Waals surface area contributed by atoms with Crippen molar-refractivity contribution in [3.05, 3.63) is 11.9 Å². The molecule has 2 N–H and O–H groups in total. The van der Waals surface area contributed by atoms with Gasteiger partial charge < -0.3 is 5.73 Å². The molecule has 0 rings (SSSR count). The summed E-state index contributed by atoms with van der Waals surface area (Å²) >= 11 is 0. The highest BCUT2D eigenvalue weighted by molar-refractivity contribution is 5.23. The number of hydrogen-bond acceptors (Lipinski definition) is 3. The van der Waals surface area contributed by atoms with Crippen molar-refractivity contribution in [1.29, 1.82) is 0 Å². The Morgan fingerprint density at radius 2 is 2.38 bits per heavy atom. The summed E-state index contributed by atoms with van der Waals surface area (Å²) in [5, 5.41) is 5.05. The standard InChI is InChI=1S/C5H11N3/c1-4-5(6)8(3)7-2/h4H,2,6H2,1,3H3/b5-4-. The summed E-state index contributed by atoms with van der Waals surface area (Å²) in [6.45, 7) is 5.13. The Labute approximate surface area is 49.5 Å². The van der Waals surface area contributed by atoms with Gasteiger partial charge in [-0.3, -0.25) is 5.01 Å². The molecule has 0 radical (unpaired) electrons. The molecule has 0 aromatic carbocycles. The molecule has 0 amide bonds. The normalized spacial score (nSPS) is 11.0. The van der Waals surface area contributed by atoms with Crippen molar-refractivity contribution < 1.29 is 0 Å². The maximum Gasteiger partial charge on any atom is 0.115 e. The van der Waals surface area contributed by atoms with Gasteiger partial charge in [0.05, 0.1) is 0 Å². The van der Waals surface area contributed by atoms with Gasteiger partial charge in [-0.05, 0) is 13.0 Å². The molecular weight excluding hydrogens is 102 g/mol. The molecule has 3 heteroatoms. The van der Waals surface area contributed by atoms with Crippen LogP contribution in [0.5, 0.6) is 0 Å². The molecule has 0 bridgehead atoms. The molecule has 0 heterocycles. The van der Waals surface area contributed by atoms with Crippen molar-refractivity contribution >= 4 is 6.72 Å². The van der Waals surface area contributed by atoms with Crippen molar-refractivity contribution in [1.82, 2.24) is 5.01 Å². The molecule has 0 saturated carbocycles. The molecule has 0 aromatic heterocycles. The minimum absolute atomic E-state index is 0.611. The van der Waals surface area contributed by atoms with Gasteiger partial charge >= 0.3 is 0 Å². The van der Waals surface area contributed by atoms with Crippen LogP contribution in [-0.2, 0) is 0 Å². The van der Waals surface area contributed by atoms with Crippen LogP contribution < -0.4 is 5.73 Å². The van der Waals surface area contributed by atoms with Gasteiger partial charge in [0, 0.05) is 13.8 Å². The fourth-order valence-corrected chi connectivity index (χ4v) is 0.268. The van der Waals surface area contributed by atoms with E-state index in [1.807, 2.05) is 6.92 Å². The van der Waals surface area contributed by atoms with Gasteiger partial charge in [-0.25, -0.2) is 0 Å². The molecule has 0 unspecified atom stereocenters. The van der Waals surface area contributed by atoms with Gasteiger partial charge in [0.15, 0.2) is 0 Å². The maximum absolute atomic E-state index is 5.38. The zero-order chi connectivity index (χ0) is 6.57. The van der Waals surface area contributed by atoms with Gasteiger partial charge in [-0.15, -0.1) is 0 Å². The highest BCUT2D eigenvalue weighted by Gasteiger charge is 1.88. The van der Waals surface area contributed by atoms with E-state index in [0.29, 0.717) is 5.82 Å². The fraction of sp³-hybridized carbons (Fsp3) is 0.400. The van der Waals surface area contributed by atoms with E-state index in [2.05, 4.69) is 11.8 Å². The van der Waals surface area contributed by atoms with Gasteiger partial charge in [0.25, 0.3) is 0 Å². The molecular formula is C5H11N3. The van der Waals surface area contributed by atoms with E-state index in [1.165, 1.54) is 5.01 Å². The zero-order valence-electron chi connectivity index (χ0n) is 5.26. The maximum atomic E-state index is 5.38. The van der Waals surface area contributed by atoms with E-state index >= 15 is 0 Å². The average Bonchev–Trinajstić information content (AvgIpc) is 1.84. The molecule has 0 fully saturated rings. The van der Waals surface area contributed by atoms with E-state index in [1.54, 1.807) is 13.1 Å². The summed E-state index contributed by atoms with van der Waals surface area (Å²) in [4.78, 5) is 0. The number of hydrogen-bond donors (Lipinski definition) is 1. The van der Waals surface area contributed by atoms with Crippen molar-refractivity contribution in [3.63, 3.8) is 0 Å². The highest BCUT2D eigenvalue weighted by atomic mass is 15.5. The van der Waals surface area contributed by atoms with Crippen LogP contribution in [0.1, 0.15) is 6.92 Å². The van der Waals surface area contributed by atoms with Crippen LogP contribution in [0.2, 0.25) is 0 Å². The van der Waals surface area contributed by atoms with Gasteiger partial charge in [-0.1, -0.05) is 0 Å². The Hall–Kier alpha value is -0.990. The number of nitrogens with zero attached hydrogens (tertiary/aromatic N) is 2. The monoisotopic (exact) mass is 113 g/mol. The summed E-state index contributed by atoms with van der Waals surface area (Å²) in [5.74, 6) is 0.611. The highest BCUT2D eigenvalue weighted by Crippen LogP contribution is 1.89. The summed E-state index contributed by atoms with van der Waals surface area (Å²) < 4.78 is 0. The predicted octanol–water partition coefficient (Wildman–Crippen LogP) is 0.354. The second kappa shape index (κ2) is 3.07. The van der Waals surface area contributed by atoms with Crippen molar-refractivity contribution in [2.45, 2.75) is 6.92 Å². The topological polar surface area (TPSA) is 41.6 Å². The molecule has 3 nitrogen and oxygen atoms in total. The van der Waals surface area contributed by atoms with Crippen LogP contribution >= 0.6 is 0 Å². The number of allylic oxidation sites excluding steroid dienone is 1. The largest absolute Gasteiger partial charge is 0.384 e. The number of hydrazone groups is 1. The molecule has 0 aliphatic rings. The van der Waals surface area contributed by atoms with Gasteiger partial charge in [-0.2, -0.15) is 5.10 Å². The third-order valence-corrected chi connectivity index (χ3v) is 0.882. The second-order valence-electron chi connectivity index (χ2n) is 1.38. The molecule has 0 spiro atoms. The van der Waals surface area contributed by atoms with E-state index < -0.39 is 0 Å². The van der Waals surface area contributed by atoms with E-state index in [4.69, 9.17) is 5.73 Å². The van der Waals surface area contributed by atoms with Crippen molar-refractivity contribution in [2.75, 3.05) is 7.05 Å². The Kier molecular flexibility index (Phi) is 2.69. The lowest BCUT2D eigenvalue weighted by Crippen LogP contribution is -2.16. The number of rotatable bonds is 2. The summed E-state index contributed by atoms with van der Waals surface area (Å²) in [7, 11) is 1.74. The van der Waals surface area contributed by atoms with E-state index in [-0.39, 0.29) is 0 Å². The van der Waals surface area contributed by atoms with Crippen LogP contribution in [0.4, 0.5) is 0 Å². The lowest BCUT2D eigenvalue weighted by molar-refractivity contribution is 0.444. The molecule has 0 saturated heterocycles. The van der Waals surface area contributed by atoms with Crippen LogP contribution in [0.3, 0.4) is 0 Å². The fourth-order valence-electron chi connectivity index (χ4n) is 0.268. The Morgan fingerprint density at radius 3 is 2.50 bits per heavy atom. The predicted molar refractivity (Wildman–Crippen MR) is 35.3 cm³/mol. The summed E-state index contributed by atoms with van der Waals surface area (Å²) in [5.41, 5.74) is 5.38. The zero-order valence-corrected chi connectivity index (χ0v) is 5.26. The first-order valence-corrected chi connectivity index (χ1v) is 2.34. The Balaban J connectivity index is 3.81. The van der Waals surface area contributed by atoms with Gasteiger partial charge in [0.1, 0.15) is 5.82 Å². The van der Waals surface area contributed by atoms with Crippen molar-refractivity contribution in [3.8, 4) is 0 Å². The van der Waals surface area contributed by atoms with Crippen LogP contribution in [0, 0.1) is 0 Å². The minimum atomic E-state index is 0.611. The summed E-state index contributed by atoms with van der Waals surface area (Å²) in [6, 6.07) is 0. The molecule has 46 valence electrons. The smallest absolute Gasteiger partial charge is 0.115 e. The van der Waals surface area contributed by atoms with Crippen LogP contribution in [0.15, 0.2) is 17.0 Å². The molecule has 8 heavy (non-hydrogen) atoms. The van der Waals surface area contributed by atoms with Crippen LogP contribution in [-0.4, -0.2) is 18.8 Å². The lowest BCUT2D eigenvalue weighted by atomic mass is 10.6. The molecule has 0 aliphatic carbocycles. The minimum Gasteiger partial charge on any atom is -0.384 e. The third-order valence-electron chi connectivity index (χ3n) is 0.882. The lowest BCUT2D eigenvalue weighted by Gasteiger charge is -2.09. The Bertz CT molecular complexity index is 106. The first-order chi connectivity index (χ1) is 3.72. The summed E-state index contributed by atoms with van der Waals surface area (Å²) in [6.07, 6.45) is 1.76. The quantitative estimate of drug-likeness (QED) is 0.415. The van der Waals surface area contributed by atoms with E-state index in [9.17, 15) is 0 Å². The SMILES string of the molecule is C=NN(C)/C(N)=C\C. The Morgan fingerprint density at radius 1 is 1.88 bits per heavy atom.